The molecule has 1 fully saturated rings. The number of aromatic nitrogens is 4. The lowest BCUT2D eigenvalue weighted by atomic mass is 10.1. The van der Waals surface area contributed by atoms with E-state index >= 15 is 0 Å². The topological polar surface area (TPSA) is 79.3 Å². The van der Waals surface area contributed by atoms with Crippen molar-refractivity contribution in [2.24, 2.45) is 0 Å². The Morgan fingerprint density at radius 2 is 1.93 bits per heavy atom. The summed E-state index contributed by atoms with van der Waals surface area (Å²) >= 11 is 0. The number of hydrogen-bond acceptors (Lipinski definition) is 8. The normalized spacial score (nSPS) is 17.1. The van der Waals surface area contributed by atoms with Crippen molar-refractivity contribution in [1.29, 1.82) is 0 Å². The second-order valence-corrected chi connectivity index (χ2v) is 8.08. The summed E-state index contributed by atoms with van der Waals surface area (Å²) in [6.45, 7) is 3.93. The first kappa shape index (κ1) is 19.0. The number of piperidine rings is 1. The predicted octanol–water partition coefficient (Wildman–Crippen LogP) is 3.15. The van der Waals surface area contributed by atoms with E-state index in [1.807, 2.05) is 18.5 Å². The molecular weight excluding hydrogens is 378 g/mol. The highest BCUT2D eigenvalue weighted by Gasteiger charge is 2.20. The molecule has 3 aromatic heterocycles. The van der Waals surface area contributed by atoms with Gasteiger partial charge in [0.1, 0.15) is 11.2 Å². The summed E-state index contributed by atoms with van der Waals surface area (Å²) in [4.78, 5) is 23.4. The summed E-state index contributed by atoms with van der Waals surface area (Å²) in [6.07, 6.45) is 8.30. The number of pyridine rings is 2. The van der Waals surface area contributed by atoms with E-state index in [0.29, 0.717) is 11.8 Å². The second-order valence-electron chi connectivity index (χ2n) is 8.08. The summed E-state index contributed by atoms with van der Waals surface area (Å²) < 4.78 is 5.55. The highest BCUT2D eigenvalue weighted by atomic mass is 16.5. The molecule has 8 nitrogen and oxygen atoms in total. The molecule has 3 aromatic rings. The quantitative estimate of drug-likeness (QED) is 0.709. The van der Waals surface area contributed by atoms with Crippen molar-refractivity contribution in [1.82, 2.24) is 24.8 Å². The van der Waals surface area contributed by atoms with Crippen molar-refractivity contribution in [3.05, 3.63) is 35.8 Å². The number of hydrogen-bond donors (Lipinski definition) is 1. The maximum Gasteiger partial charge on any atom is 0.237 e. The number of nitrogens with one attached hydrogen (secondary N) is 1. The first-order valence-electron chi connectivity index (χ1n) is 10.6. The Balaban J connectivity index is 1.50. The molecule has 0 radical (unpaired) electrons. The standard InChI is InChI=1S/C22H27N7O/c1-28-11-7-17-16(14-28)12-18(21(25-17)30-2)26-22-24-13-15-6-8-23-20(19(15)27-22)29-9-4-3-5-10-29/h6,8,12-13H,3-5,7,9-11,14H2,1-2H3,(H,24,26,27). The van der Waals surface area contributed by atoms with Crippen LogP contribution in [0.5, 0.6) is 5.88 Å². The van der Waals surface area contributed by atoms with Crippen molar-refractivity contribution in [2.75, 3.05) is 44.0 Å². The summed E-state index contributed by atoms with van der Waals surface area (Å²) in [5.41, 5.74) is 3.98. The molecule has 0 aliphatic carbocycles. The third-order valence-corrected chi connectivity index (χ3v) is 5.90. The van der Waals surface area contributed by atoms with Crippen molar-refractivity contribution in [3.8, 4) is 5.88 Å². The van der Waals surface area contributed by atoms with Gasteiger partial charge in [-0.15, -0.1) is 0 Å². The summed E-state index contributed by atoms with van der Waals surface area (Å²) in [7, 11) is 3.77. The van der Waals surface area contributed by atoms with E-state index in [2.05, 4.69) is 38.2 Å². The molecular formula is C22H27N7O. The van der Waals surface area contributed by atoms with Gasteiger partial charge in [-0.3, -0.25) is 0 Å². The second kappa shape index (κ2) is 8.02. The van der Waals surface area contributed by atoms with Crippen molar-refractivity contribution < 1.29 is 4.74 Å². The molecule has 0 amide bonds. The minimum absolute atomic E-state index is 0.526. The van der Waals surface area contributed by atoms with Gasteiger partial charge in [0.2, 0.25) is 11.8 Å². The van der Waals surface area contributed by atoms with E-state index in [9.17, 15) is 0 Å². The number of rotatable bonds is 4. The SMILES string of the molecule is COc1nc2c(cc1Nc1ncc3ccnc(N4CCCCC4)c3n1)CN(C)CC2. The Labute approximate surface area is 176 Å². The highest BCUT2D eigenvalue weighted by Crippen LogP contribution is 2.31. The fourth-order valence-electron chi connectivity index (χ4n) is 4.30. The highest BCUT2D eigenvalue weighted by molar-refractivity contribution is 5.89. The molecule has 2 aliphatic rings. The van der Waals surface area contributed by atoms with E-state index < -0.39 is 0 Å². The van der Waals surface area contributed by atoms with Gasteiger partial charge in [0, 0.05) is 50.4 Å². The molecule has 156 valence electrons. The molecule has 1 N–H and O–H groups in total. The first-order valence-corrected chi connectivity index (χ1v) is 10.6. The molecule has 0 spiro atoms. The zero-order chi connectivity index (χ0) is 20.5. The lowest BCUT2D eigenvalue weighted by molar-refractivity contribution is 0.307. The molecule has 2 aliphatic heterocycles. The Morgan fingerprint density at radius 3 is 2.77 bits per heavy atom. The molecule has 0 unspecified atom stereocenters. The zero-order valence-corrected chi connectivity index (χ0v) is 17.6. The predicted molar refractivity (Wildman–Crippen MR) is 118 cm³/mol. The van der Waals surface area contributed by atoms with E-state index in [1.54, 1.807) is 7.11 Å². The van der Waals surface area contributed by atoms with Crippen LogP contribution in [-0.2, 0) is 13.0 Å². The molecule has 0 bridgehead atoms. The minimum atomic E-state index is 0.526. The van der Waals surface area contributed by atoms with Crippen LogP contribution in [0.3, 0.4) is 0 Å². The molecule has 5 rings (SSSR count). The van der Waals surface area contributed by atoms with Gasteiger partial charge in [-0.2, -0.15) is 0 Å². The van der Waals surface area contributed by atoms with Crippen LogP contribution >= 0.6 is 0 Å². The van der Waals surface area contributed by atoms with Crippen LogP contribution in [0.25, 0.3) is 10.9 Å². The average Bonchev–Trinajstić information content (AvgIpc) is 2.78. The number of methoxy groups -OCH3 is 1. The van der Waals surface area contributed by atoms with Crippen LogP contribution in [0.4, 0.5) is 17.5 Å². The van der Waals surface area contributed by atoms with Crippen LogP contribution < -0.4 is 15.0 Å². The molecule has 8 heteroatoms. The Bertz CT molecular complexity index is 1060. The van der Waals surface area contributed by atoms with Crippen molar-refractivity contribution >= 4 is 28.4 Å². The maximum atomic E-state index is 5.55. The number of anilines is 3. The zero-order valence-electron chi connectivity index (χ0n) is 17.6. The van der Waals surface area contributed by atoms with Gasteiger partial charge in [-0.25, -0.2) is 19.9 Å². The molecule has 5 heterocycles. The van der Waals surface area contributed by atoms with Crippen LogP contribution in [-0.4, -0.2) is 58.6 Å². The molecule has 0 aromatic carbocycles. The number of nitrogens with zero attached hydrogens (tertiary/aromatic N) is 6. The van der Waals surface area contributed by atoms with E-state index in [0.717, 1.165) is 60.7 Å². The minimum Gasteiger partial charge on any atom is -0.480 e. The van der Waals surface area contributed by atoms with Gasteiger partial charge in [0.25, 0.3) is 0 Å². The Kier molecular flexibility index (Phi) is 5.08. The number of likely N-dealkylation sites (N-methyl/N-ethyl adjacent to an activating group) is 1. The Hall–Kier alpha value is -3.00. The van der Waals surface area contributed by atoms with Crippen LogP contribution in [0.15, 0.2) is 24.5 Å². The van der Waals surface area contributed by atoms with Gasteiger partial charge in [0.05, 0.1) is 12.8 Å². The van der Waals surface area contributed by atoms with E-state index in [-0.39, 0.29) is 0 Å². The smallest absolute Gasteiger partial charge is 0.237 e. The van der Waals surface area contributed by atoms with E-state index in [4.69, 9.17) is 14.7 Å². The summed E-state index contributed by atoms with van der Waals surface area (Å²) in [6, 6.07) is 4.07. The van der Waals surface area contributed by atoms with E-state index in [1.165, 1.54) is 24.8 Å². The fourth-order valence-corrected chi connectivity index (χ4v) is 4.30. The fraction of sp³-hybridized carbons (Fsp3) is 0.455. The molecule has 1 saturated heterocycles. The summed E-state index contributed by atoms with van der Waals surface area (Å²) in [5, 5.41) is 4.33. The van der Waals surface area contributed by atoms with Gasteiger partial charge in [-0.1, -0.05) is 0 Å². The van der Waals surface area contributed by atoms with Crippen LogP contribution in [0.2, 0.25) is 0 Å². The monoisotopic (exact) mass is 405 g/mol. The third kappa shape index (κ3) is 3.63. The molecule has 30 heavy (non-hydrogen) atoms. The van der Waals surface area contributed by atoms with Crippen LogP contribution in [0, 0.1) is 0 Å². The lowest BCUT2D eigenvalue weighted by Crippen LogP contribution is -2.30. The largest absolute Gasteiger partial charge is 0.480 e. The maximum absolute atomic E-state index is 5.55. The van der Waals surface area contributed by atoms with Crippen LogP contribution in [0.1, 0.15) is 30.5 Å². The lowest BCUT2D eigenvalue weighted by Gasteiger charge is -2.28. The summed E-state index contributed by atoms with van der Waals surface area (Å²) in [5.74, 6) is 2.04. The van der Waals surface area contributed by atoms with Crippen molar-refractivity contribution in [3.63, 3.8) is 0 Å². The van der Waals surface area contributed by atoms with Gasteiger partial charge in [-0.05, 0) is 44.0 Å². The Morgan fingerprint density at radius 1 is 1.07 bits per heavy atom. The first-order chi connectivity index (χ1) is 14.7. The number of fused-ring (bicyclic) bond motifs is 2. The third-order valence-electron chi connectivity index (χ3n) is 5.90. The molecule has 0 saturated carbocycles. The van der Waals surface area contributed by atoms with Gasteiger partial charge >= 0.3 is 0 Å². The molecule has 0 atom stereocenters. The van der Waals surface area contributed by atoms with Gasteiger partial charge in [0.15, 0.2) is 5.82 Å². The number of ether oxygens (including phenoxy) is 1. The van der Waals surface area contributed by atoms with Gasteiger partial charge < -0.3 is 19.9 Å². The average molecular weight is 406 g/mol. The van der Waals surface area contributed by atoms with Crippen molar-refractivity contribution in [2.45, 2.75) is 32.2 Å².